The zero-order valence-electron chi connectivity index (χ0n) is 33.0. The number of aliphatic hydroxyl groups excluding tert-OH is 2. The van der Waals surface area contributed by atoms with Gasteiger partial charge in [-0.2, -0.15) is 0 Å². The van der Waals surface area contributed by atoms with Crippen LogP contribution in [0.3, 0.4) is 0 Å². The lowest BCUT2D eigenvalue weighted by molar-refractivity contribution is -0.139. The number of hydrogen-bond acceptors (Lipinski definition) is 12. The van der Waals surface area contributed by atoms with Crippen molar-refractivity contribution in [2.45, 2.75) is 88.9 Å². The normalized spacial score (nSPS) is 13.4. The zero-order valence-corrected chi connectivity index (χ0v) is 36.0. The smallest absolute Gasteiger partial charge is 0.333 e. The molecule has 0 aliphatic carbocycles. The number of esters is 2. The van der Waals surface area contributed by atoms with E-state index in [-0.39, 0.29) is 43.2 Å². The number of nitrogens with one attached hydrogen (secondary N) is 6. The van der Waals surface area contributed by atoms with Crippen molar-refractivity contribution in [2.75, 3.05) is 59.7 Å². The average Bonchev–Trinajstić information content (AvgIpc) is 3.05. The van der Waals surface area contributed by atoms with Gasteiger partial charge in [-0.1, -0.05) is 32.3 Å². The van der Waals surface area contributed by atoms with Gasteiger partial charge in [0.15, 0.2) is 22.4 Å². The molecule has 0 aliphatic heterocycles. The summed E-state index contributed by atoms with van der Waals surface area (Å²) in [6, 6.07) is -2.84. The number of ketones is 1. The topological polar surface area (TPSA) is 243 Å². The Morgan fingerprint density at radius 2 is 1.19 bits per heavy atom. The van der Waals surface area contributed by atoms with Crippen LogP contribution in [0.4, 0.5) is 9.59 Å². The molecule has 8 N–H and O–H groups in total. The molecular formula is C33H64N6O11Si3. The molecule has 5 amide bonds. The lowest BCUT2D eigenvalue weighted by atomic mass is 10.1. The third kappa shape index (κ3) is 20.6. The highest BCUT2D eigenvalue weighted by molar-refractivity contribution is 6.96. The number of carbonyl (C=O) groups is 6. The summed E-state index contributed by atoms with van der Waals surface area (Å²) in [5, 5.41) is 35.4. The summed E-state index contributed by atoms with van der Waals surface area (Å²) in [5.41, 5.74) is 0.766. The van der Waals surface area contributed by atoms with E-state index in [4.69, 9.17) is 13.6 Å². The molecule has 0 rings (SSSR count). The number of carbonyl (C=O) groups excluding carboxylic acids is 6. The van der Waals surface area contributed by atoms with Crippen LogP contribution in [-0.2, 0) is 32.8 Å². The molecule has 3 unspecified atom stereocenters. The second-order valence-corrected chi connectivity index (χ2v) is 29.3. The third-order valence-corrected chi connectivity index (χ3v) is 23.4. The van der Waals surface area contributed by atoms with Crippen LogP contribution in [0.25, 0.3) is 0 Å². The molecule has 20 heteroatoms. The van der Waals surface area contributed by atoms with Crippen LogP contribution in [0.5, 0.6) is 0 Å². The largest absolute Gasteiger partial charge is 0.460 e. The second-order valence-electron chi connectivity index (χ2n) is 14.8. The maximum atomic E-state index is 13.7. The third-order valence-electron chi connectivity index (χ3n) is 7.94. The molecule has 0 heterocycles. The lowest BCUT2D eigenvalue weighted by Gasteiger charge is -2.42. The highest BCUT2D eigenvalue weighted by atomic mass is 28.4. The molecule has 0 radical (unpaired) electrons. The first-order valence-corrected chi connectivity index (χ1v) is 27.2. The van der Waals surface area contributed by atoms with Gasteiger partial charge < -0.3 is 55.7 Å². The fourth-order valence-electron chi connectivity index (χ4n) is 5.78. The van der Waals surface area contributed by atoms with E-state index in [0.29, 0.717) is 19.5 Å². The van der Waals surface area contributed by atoms with Gasteiger partial charge in [0.1, 0.15) is 25.3 Å². The van der Waals surface area contributed by atoms with Crippen molar-refractivity contribution in [2.24, 2.45) is 0 Å². The van der Waals surface area contributed by atoms with Crippen molar-refractivity contribution >= 4 is 60.4 Å². The predicted octanol–water partition coefficient (Wildman–Crippen LogP) is 0.885. The quantitative estimate of drug-likeness (QED) is 0.0263. The summed E-state index contributed by atoms with van der Waals surface area (Å²) in [7, 11) is -5.26. The van der Waals surface area contributed by atoms with Crippen molar-refractivity contribution < 1.29 is 52.6 Å². The van der Waals surface area contributed by atoms with Crippen molar-refractivity contribution in [1.82, 2.24) is 31.9 Å². The molecule has 0 aromatic rings. The first-order chi connectivity index (χ1) is 24.5. The summed E-state index contributed by atoms with van der Waals surface area (Å²) in [5.74, 6) is -2.02. The lowest BCUT2D eigenvalue weighted by Crippen LogP contribution is -2.58. The van der Waals surface area contributed by atoms with Crippen molar-refractivity contribution in [3.8, 4) is 0 Å². The number of rotatable bonds is 26. The van der Waals surface area contributed by atoms with Gasteiger partial charge in [-0.3, -0.25) is 9.59 Å². The summed E-state index contributed by atoms with van der Waals surface area (Å²) in [6.45, 7) is 22.0. The highest BCUT2D eigenvalue weighted by Crippen LogP contribution is 2.33. The number of urea groups is 2. The fraction of sp³-hybridized carbons (Fsp3) is 0.697. The Morgan fingerprint density at radius 3 is 1.62 bits per heavy atom. The molecule has 3 atom stereocenters. The van der Waals surface area contributed by atoms with Crippen LogP contribution < -0.4 is 31.9 Å². The highest BCUT2D eigenvalue weighted by Gasteiger charge is 2.46. The second kappa shape index (κ2) is 24.1. The molecule has 0 aliphatic rings. The van der Waals surface area contributed by atoms with Crippen LogP contribution in [0.2, 0.25) is 56.5 Å². The molecule has 0 aromatic carbocycles. The average molecular weight is 805 g/mol. The Morgan fingerprint density at radius 1 is 0.717 bits per heavy atom. The summed E-state index contributed by atoms with van der Waals surface area (Å²) in [6.07, 6.45) is 0.678. The molecule has 0 spiro atoms. The van der Waals surface area contributed by atoms with Crippen LogP contribution in [0.1, 0.15) is 20.3 Å². The van der Waals surface area contributed by atoms with E-state index in [1.165, 1.54) is 13.8 Å². The SMILES string of the molecule is C=C(C)C(=O)OCCNC(=O)NC(CO)C(=O)NCCC[Si](C)(C)C[Si](C)(C)O[Si](C)(C)C(CNC)C(=O)C(CO)NC(=O)NCCOC(=O)C(=C)C. The van der Waals surface area contributed by atoms with Gasteiger partial charge in [-0.15, -0.1) is 0 Å². The first kappa shape index (κ1) is 49.6. The predicted molar refractivity (Wildman–Crippen MR) is 210 cm³/mol. The summed E-state index contributed by atoms with van der Waals surface area (Å²) < 4.78 is 16.8. The number of Topliss-reactive ketones (excluding diaryl/α,β-unsaturated/α-hetero) is 1. The molecule has 0 aromatic heterocycles. The minimum Gasteiger partial charge on any atom is -0.460 e. The van der Waals surface area contributed by atoms with Gasteiger partial charge in [0.05, 0.1) is 31.8 Å². The Kier molecular flexibility index (Phi) is 22.5. The van der Waals surface area contributed by atoms with E-state index >= 15 is 0 Å². The maximum Gasteiger partial charge on any atom is 0.333 e. The Bertz CT molecular complexity index is 1280. The Balaban J connectivity index is 5.11. The Hall–Kier alpha value is -3.41. The first-order valence-electron chi connectivity index (χ1n) is 17.6. The van der Waals surface area contributed by atoms with E-state index in [1.54, 1.807) is 7.05 Å². The van der Waals surface area contributed by atoms with Gasteiger partial charge in [-0.25, -0.2) is 19.2 Å². The van der Waals surface area contributed by atoms with Crippen molar-refractivity contribution in [3.05, 3.63) is 24.3 Å². The molecule has 0 bridgehead atoms. The van der Waals surface area contributed by atoms with Gasteiger partial charge in [0.25, 0.3) is 0 Å². The van der Waals surface area contributed by atoms with E-state index in [0.717, 1.165) is 11.7 Å². The minimum atomic E-state index is -2.76. The summed E-state index contributed by atoms with van der Waals surface area (Å²) in [4.78, 5) is 73.9. The maximum absolute atomic E-state index is 13.7. The van der Waals surface area contributed by atoms with Gasteiger partial charge >= 0.3 is 24.0 Å². The molecule has 0 fully saturated rings. The van der Waals surface area contributed by atoms with Crippen LogP contribution in [0, 0.1) is 0 Å². The molecule has 304 valence electrons. The van der Waals surface area contributed by atoms with E-state index in [9.17, 15) is 39.0 Å². The van der Waals surface area contributed by atoms with Gasteiger partial charge in [0.2, 0.25) is 5.91 Å². The zero-order chi connectivity index (χ0) is 41.0. The number of hydrogen-bond donors (Lipinski definition) is 8. The molecular weight excluding hydrogens is 741 g/mol. The Labute approximate surface area is 317 Å². The molecule has 53 heavy (non-hydrogen) atoms. The molecule has 0 saturated heterocycles. The molecule has 17 nitrogen and oxygen atoms in total. The number of aliphatic hydroxyl groups is 2. The standard InChI is InChI=1S/C33H64N6O11Si3/c1-23(2)30(44)48-16-14-36-32(46)38-25(20-40)28(42)27(19-34-5)53(10,11)50-52(8,9)22-51(6,7)18-12-13-35-29(43)26(21-41)39-33(47)37-15-17-49-31(45)24(3)4/h25-27,34,40-41H,1,3,12-22H2,2,4-11H3,(H,35,43)(H2,36,38,46)(H2,37,39,47). The van der Waals surface area contributed by atoms with Gasteiger partial charge in [-0.05, 0) is 59.2 Å². The minimum absolute atomic E-state index is 0.00441. The summed E-state index contributed by atoms with van der Waals surface area (Å²) >= 11 is 0. The van der Waals surface area contributed by atoms with Crippen LogP contribution >= 0.6 is 0 Å². The van der Waals surface area contributed by atoms with Crippen LogP contribution in [-0.4, -0.2) is 142 Å². The van der Waals surface area contributed by atoms with E-state index in [2.05, 4.69) is 71.2 Å². The van der Waals surface area contributed by atoms with E-state index in [1.807, 2.05) is 13.1 Å². The van der Waals surface area contributed by atoms with Crippen LogP contribution in [0.15, 0.2) is 24.3 Å². The van der Waals surface area contributed by atoms with Gasteiger partial charge in [0, 0.05) is 32.3 Å². The van der Waals surface area contributed by atoms with Crippen molar-refractivity contribution in [3.63, 3.8) is 0 Å². The van der Waals surface area contributed by atoms with Crippen molar-refractivity contribution in [1.29, 1.82) is 0 Å². The number of amides is 5. The van der Waals surface area contributed by atoms with E-state index < -0.39 is 85.5 Å². The molecule has 0 saturated carbocycles. The fourth-order valence-corrected chi connectivity index (χ4v) is 25.6. The number of ether oxygens (including phenoxy) is 2. The monoisotopic (exact) mass is 804 g/mol.